The second-order valence-electron chi connectivity index (χ2n) is 7.90. The van der Waals surface area contributed by atoms with Gasteiger partial charge in [-0.2, -0.15) is 13.2 Å². The second kappa shape index (κ2) is 11.6. The Kier molecular flexibility index (Phi) is 8.80. The van der Waals surface area contributed by atoms with E-state index in [-0.39, 0.29) is 30.6 Å². The molecule has 0 saturated carbocycles. The van der Waals surface area contributed by atoms with E-state index in [0.717, 1.165) is 6.08 Å². The lowest BCUT2D eigenvalue weighted by Crippen LogP contribution is -2.24. The van der Waals surface area contributed by atoms with Gasteiger partial charge in [-0.15, -0.1) is 13.2 Å². The van der Waals surface area contributed by atoms with Gasteiger partial charge in [0, 0.05) is 36.1 Å². The molecule has 1 fully saturated rings. The summed E-state index contributed by atoms with van der Waals surface area (Å²) < 4.78 is 86.7. The molecular formula is C25H24F6N2O3. The lowest BCUT2D eigenvalue weighted by atomic mass is 10.0. The molecule has 0 amide bonds. The highest BCUT2D eigenvalue weighted by Gasteiger charge is 2.33. The van der Waals surface area contributed by atoms with Gasteiger partial charge in [0.1, 0.15) is 5.75 Å². The number of ether oxygens (including phenoxy) is 2. The summed E-state index contributed by atoms with van der Waals surface area (Å²) in [5.41, 5.74) is 0.930. The van der Waals surface area contributed by atoms with Gasteiger partial charge in [-0.3, -0.25) is 4.99 Å². The Morgan fingerprint density at radius 3 is 2.56 bits per heavy atom. The fourth-order valence-corrected chi connectivity index (χ4v) is 3.87. The summed E-state index contributed by atoms with van der Waals surface area (Å²) in [5, 5.41) is 9.92. The lowest BCUT2D eigenvalue weighted by Gasteiger charge is -2.22. The Morgan fingerprint density at radius 1 is 1.14 bits per heavy atom. The molecule has 1 N–H and O–H groups in total. The van der Waals surface area contributed by atoms with Crippen molar-refractivity contribution in [1.82, 2.24) is 0 Å². The fourth-order valence-electron chi connectivity index (χ4n) is 3.87. The number of aliphatic hydroxyl groups is 1. The number of benzene rings is 2. The Labute approximate surface area is 204 Å². The fraction of sp³-hybridized carbons (Fsp3) is 0.320. The van der Waals surface area contributed by atoms with E-state index in [4.69, 9.17) is 4.74 Å². The van der Waals surface area contributed by atoms with Crippen LogP contribution >= 0.6 is 0 Å². The molecule has 0 aliphatic carbocycles. The maximum absolute atomic E-state index is 12.8. The van der Waals surface area contributed by atoms with Crippen molar-refractivity contribution in [3.05, 3.63) is 72.0 Å². The number of halogens is 6. The van der Waals surface area contributed by atoms with Gasteiger partial charge >= 0.3 is 12.5 Å². The number of hydrogen-bond acceptors (Lipinski definition) is 5. The summed E-state index contributed by atoms with van der Waals surface area (Å²) in [6.07, 6.45) is -6.28. The molecule has 2 aromatic carbocycles. The molecule has 0 spiro atoms. The molecule has 0 aromatic heterocycles. The molecule has 0 unspecified atom stereocenters. The van der Waals surface area contributed by atoms with Crippen LogP contribution in [0.3, 0.4) is 0 Å². The quantitative estimate of drug-likeness (QED) is 0.252. The number of nitrogens with zero attached hydrogens (tertiary/aromatic N) is 2. The summed E-state index contributed by atoms with van der Waals surface area (Å²) in [6.45, 7) is 3.65. The molecule has 194 valence electrons. The summed E-state index contributed by atoms with van der Waals surface area (Å²) in [6, 6.07) is 10.7. The van der Waals surface area contributed by atoms with Crippen LogP contribution in [0, 0.1) is 0 Å². The monoisotopic (exact) mass is 514 g/mol. The largest absolute Gasteiger partial charge is 0.573 e. The van der Waals surface area contributed by atoms with E-state index < -0.39 is 18.1 Å². The van der Waals surface area contributed by atoms with Crippen LogP contribution in [0.4, 0.5) is 32.0 Å². The lowest BCUT2D eigenvalue weighted by molar-refractivity contribution is -0.274. The molecule has 36 heavy (non-hydrogen) atoms. The van der Waals surface area contributed by atoms with Gasteiger partial charge in [-0.25, -0.2) is 0 Å². The molecule has 11 heteroatoms. The number of hydrogen-bond donors (Lipinski definition) is 1. The van der Waals surface area contributed by atoms with Crippen LogP contribution in [0.2, 0.25) is 0 Å². The highest BCUT2D eigenvalue weighted by molar-refractivity contribution is 5.74. The maximum Gasteiger partial charge on any atom is 0.573 e. The topological polar surface area (TPSA) is 54.3 Å². The summed E-state index contributed by atoms with van der Waals surface area (Å²) in [4.78, 5) is 5.11. The predicted molar refractivity (Wildman–Crippen MR) is 124 cm³/mol. The van der Waals surface area contributed by atoms with E-state index in [0.29, 0.717) is 42.5 Å². The number of alkyl halides is 6. The molecule has 5 nitrogen and oxygen atoms in total. The van der Waals surface area contributed by atoms with E-state index in [1.807, 2.05) is 4.90 Å². The van der Waals surface area contributed by atoms with E-state index in [1.54, 1.807) is 24.3 Å². The van der Waals surface area contributed by atoms with Crippen molar-refractivity contribution < 1.29 is 40.9 Å². The van der Waals surface area contributed by atoms with Crippen LogP contribution in [0.15, 0.2) is 71.4 Å². The van der Waals surface area contributed by atoms with Crippen molar-refractivity contribution in [2.75, 3.05) is 24.6 Å². The van der Waals surface area contributed by atoms with Crippen LogP contribution < -0.4 is 9.64 Å². The zero-order chi connectivity index (χ0) is 26.3. The predicted octanol–water partition coefficient (Wildman–Crippen LogP) is 6.04. The van der Waals surface area contributed by atoms with Gasteiger partial charge in [-0.05, 0) is 36.9 Å². The van der Waals surface area contributed by atoms with Crippen molar-refractivity contribution >= 4 is 12.4 Å². The van der Waals surface area contributed by atoms with Crippen LogP contribution in [0.5, 0.6) is 5.75 Å². The van der Waals surface area contributed by atoms with Crippen LogP contribution in [0.25, 0.3) is 11.1 Å². The van der Waals surface area contributed by atoms with E-state index >= 15 is 0 Å². The minimum absolute atomic E-state index is 0.0369. The highest BCUT2D eigenvalue weighted by Crippen LogP contribution is 2.36. The second-order valence-corrected chi connectivity index (χ2v) is 7.90. The first-order valence-corrected chi connectivity index (χ1v) is 10.9. The first-order chi connectivity index (χ1) is 17.0. The van der Waals surface area contributed by atoms with E-state index in [2.05, 4.69) is 16.4 Å². The van der Waals surface area contributed by atoms with Gasteiger partial charge < -0.3 is 19.5 Å². The van der Waals surface area contributed by atoms with Crippen LogP contribution in [-0.4, -0.2) is 50.2 Å². The molecule has 1 aliphatic rings. The number of anilines is 1. The van der Waals surface area contributed by atoms with Crippen molar-refractivity contribution in [1.29, 1.82) is 0 Å². The van der Waals surface area contributed by atoms with Gasteiger partial charge in [0.2, 0.25) is 0 Å². The molecule has 2 aromatic rings. The van der Waals surface area contributed by atoms with Gasteiger partial charge in [0.05, 0.1) is 24.9 Å². The number of aliphatic imine (C=N–C) groups is 1. The van der Waals surface area contributed by atoms with Gasteiger partial charge in [0.25, 0.3) is 0 Å². The van der Waals surface area contributed by atoms with E-state index in [1.165, 1.54) is 24.3 Å². The first-order valence-electron chi connectivity index (χ1n) is 10.9. The Balaban J connectivity index is 1.68. The van der Waals surface area contributed by atoms with Crippen molar-refractivity contribution in [3.63, 3.8) is 0 Å². The van der Waals surface area contributed by atoms with Crippen molar-refractivity contribution in [3.8, 4) is 16.9 Å². The summed E-state index contributed by atoms with van der Waals surface area (Å²) in [7, 11) is 0. The number of allylic oxidation sites excluding steroid dienone is 2. The first kappa shape index (κ1) is 27.3. The third-order valence-corrected chi connectivity index (χ3v) is 5.44. The zero-order valence-electron chi connectivity index (χ0n) is 19.0. The van der Waals surface area contributed by atoms with Gasteiger partial charge in [-0.1, -0.05) is 36.4 Å². The molecule has 0 bridgehead atoms. The number of aliphatic hydroxyl groups excluding tert-OH is 1. The summed E-state index contributed by atoms with van der Waals surface area (Å²) in [5.74, 6) is -0.350. The molecule has 0 radical (unpaired) electrons. The average Bonchev–Trinajstić information content (AvgIpc) is 3.28. The van der Waals surface area contributed by atoms with Crippen molar-refractivity contribution in [2.24, 2.45) is 4.99 Å². The minimum atomic E-state index is -4.84. The van der Waals surface area contributed by atoms with E-state index in [9.17, 15) is 31.4 Å². The summed E-state index contributed by atoms with van der Waals surface area (Å²) >= 11 is 0. The molecule has 1 heterocycles. The smallest absolute Gasteiger partial charge is 0.405 e. The molecular weight excluding hydrogens is 490 g/mol. The van der Waals surface area contributed by atoms with Gasteiger partial charge in [0.15, 0.2) is 0 Å². The Hall–Kier alpha value is -3.31. The minimum Gasteiger partial charge on any atom is -0.405 e. The normalized spacial score (nSPS) is 17.1. The molecule has 1 aliphatic heterocycles. The Bertz CT molecular complexity index is 1110. The molecule has 1 atom stereocenters. The van der Waals surface area contributed by atoms with Crippen LogP contribution in [0.1, 0.15) is 12.0 Å². The highest BCUT2D eigenvalue weighted by atomic mass is 19.4. The third-order valence-electron chi connectivity index (χ3n) is 5.44. The molecule has 1 saturated heterocycles. The maximum atomic E-state index is 12.8. The number of rotatable bonds is 9. The third kappa shape index (κ3) is 7.34. The SMILES string of the molecule is C=N/C=C(\C=C/CO[C@H]1CCN(c2ccc(-c3ccccc3OC(F)(F)F)cc2CO)C1)C(F)(F)F. The Morgan fingerprint density at radius 2 is 1.89 bits per heavy atom. The van der Waals surface area contributed by atoms with Crippen molar-refractivity contribution in [2.45, 2.75) is 31.7 Å². The number of para-hydroxylation sites is 1. The van der Waals surface area contributed by atoms with Crippen LogP contribution in [-0.2, 0) is 11.3 Å². The molecule has 3 rings (SSSR count). The average molecular weight is 514 g/mol. The zero-order valence-corrected chi connectivity index (χ0v) is 19.0. The standard InChI is InChI=1S/C25H24F6N2O3/c1-32-14-19(24(26,27)28)5-4-12-35-20-10-11-33(15-20)22-9-8-17(13-18(22)16-34)21-6-2-3-7-23(21)36-25(29,30)31/h2-9,13-14,20,34H,1,10-12,15-16H2/b5-4-,19-14+/t20-/m0/s1.